The summed E-state index contributed by atoms with van der Waals surface area (Å²) in [6.07, 6.45) is 0.980. The van der Waals surface area contributed by atoms with E-state index < -0.39 is 7.60 Å². The van der Waals surface area contributed by atoms with Crippen molar-refractivity contribution in [1.29, 1.82) is 0 Å². The molecule has 1 heterocycles. The van der Waals surface area contributed by atoms with Crippen molar-refractivity contribution in [2.45, 2.75) is 32.2 Å². The topological polar surface area (TPSA) is 56.8 Å². The van der Waals surface area contributed by atoms with Crippen LogP contribution in [0.3, 0.4) is 0 Å². The van der Waals surface area contributed by atoms with E-state index in [1.54, 1.807) is 7.11 Å². The van der Waals surface area contributed by atoms with E-state index in [4.69, 9.17) is 13.8 Å². The van der Waals surface area contributed by atoms with Gasteiger partial charge in [-0.2, -0.15) is 0 Å². The molecule has 0 saturated carbocycles. The van der Waals surface area contributed by atoms with Crippen molar-refractivity contribution >= 4 is 18.6 Å². The summed E-state index contributed by atoms with van der Waals surface area (Å²) in [5.74, 6) is 1.36. The van der Waals surface area contributed by atoms with Crippen LogP contribution in [0.25, 0.3) is 0 Å². The van der Waals surface area contributed by atoms with Gasteiger partial charge in [0.15, 0.2) is 0 Å². The van der Waals surface area contributed by atoms with Crippen molar-refractivity contribution < 1.29 is 18.3 Å². The lowest BCUT2D eigenvalue weighted by molar-refractivity contribution is 0.230. The number of hydrogen-bond acceptors (Lipinski definition) is 5. The number of ether oxygens (including phenoxy) is 1. The summed E-state index contributed by atoms with van der Waals surface area (Å²) >= 11 is 0. The number of benzene rings is 3. The molecule has 1 aliphatic carbocycles. The summed E-state index contributed by atoms with van der Waals surface area (Å²) in [7, 11) is -1.78. The lowest BCUT2D eigenvalue weighted by Crippen LogP contribution is -2.33. The molecule has 3 aromatic rings. The molecule has 0 spiro atoms. The molecule has 3 aromatic carbocycles. The quantitative estimate of drug-likeness (QED) is 0.432. The van der Waals surface area contributed by atoms with E-state index in [-0.39, 0.29) is 12.0 Å². The molecule has 0 aromatic heterocycles. The summed E-state index contributed by atoms with van der Waals surface area (Å²) in [5, 5.41) is 4.38. The molecule has 0 saturated heterocycles. The molecule has 1 aliphatic heterocycles. The fraction of sp³-hybridized carbons (Fsp3) is 0.333. The van der Waals surface area contributed by atoms with Crippen LogP contribution in [-0.2, 0) is 20.0 Å². The Morgan fingerprint density at radius 1 is 0.939 bits per heavy atom. The highest BCUT2D eigenvalue weighted by molar-refractivity contribution is 7.62. The van der Waals surface area contributed by atoms with Gasteiger partial charge in [-0.1, -0.05) is 48.5 Å². The van der Waals surface area contributed by atoms with Crippen LogP contribution in [0.5, 0.6) is 5.75 Å². The Hall–Kier alpha value is -2.59. The van der Waals surface area contributed by atoms with Gasteiger partial charge in [0.1, 0.15) is 5.75 Å². The lowest BCUT2D eigenvalue weighted by Gasteiger charge is -2.39. The minimum absolute atomic E-state index is 0.0304. The minimum atomic E-state index is -3.47. The predicted molar refractivity (Wildman–Crippen MR) is 132 cm³/mol. The molecule has 0 amide bonds. The largest absolute Gasteiger partial charge is 0.497 e. The van der Waals surface area contributed by atoms with E-state index >= 15 is 0 Å². The number of methoxy groups -OCH3 is 1. The number of anilines is 1. The van der Waals surface area contributed by atoms with Crippen LogP contribution in [0.15, 0.2) is 66.7 Å². The van der Waals surface area contributed by atoms with Crippen LogP contribution in [0.4, 0.5) is 5.69 Å². The van der Waals surface area contributed by atoms with Gasteiger partial charge in [-0.15, -0.1) is 0 Å². The Morgan fingerprint density at radius 2 is 1.67 bits per heavy atom. The van der Waals surface area contributed by atoms with Crippen molar-refractivity contribution in [3.8, 4) is 5.75 Å². The normalized spacial score (nSPS) is 21.0. The molecular weight excluding hydrogens is 433 g/mol. The molecule has 0 radical (unpaired) electrons. The van der Waals surface area contributed by atoms with E-state index in [1.165, 1.54) is 11.1 Å². The van der Waals surface area contributed by atoms with Crippen molar-refractivity contribution in [2.75, 3.05) is 25.6 Å². The molecule has 33 heavy (non-hydrogen) atoms. The fourth-order valence-electron chi connectivity index (χ4n) is 5.48. The molecule has 2 aliphatic rings. The highest BCUT2D eigenvalue weighted by Gasteiger charge is 2.45. The average molecular weight is 464 g/mol. The second-order valence-corrected chi connectivity index (χ2v) is 10.5. The number of nitrogens with one attached hydrogen (secondary N) is 1. The van der Waals surface area contributed by atoms with Gasteiger partial charge in [-0.05, 0) is 66.6 Å². The first-order chi connectivity index (χ1) is 16.1. The second kappa shape index (κ2) is 8.98. The molecule has 3 atom stereocenters. The third-order valence-electron chi connectivity index (χ3n) is 6.76. The van der Waals surface area contributed by atoms with Crippen LogP contribution in [0, 0.1) is 5.92 Å². The van der Waals surface area contributed by atoms with Crippen molar-refractivity contribution in [3.63, 3.8) is 0 Å². The molecule has 5 rings (SSSR count). The summed E-state index contributed by atoms with van der Waals surface area (Å²) in [4.78, 5) is 0. The zero-order valence-corrected chi connectivity index (χ0v) is 20.2. The number of hydrogen-bond donors (Lipinski definition) is 1. The molecular formula is C27H30NO4P. The number of rotatable bonds is 7. The van der Waals surface area contributed by atoms with Crippen LogP contribution >= 0.6 is 7.60 Å². The molecule has 0 unspecified atom stereocenters. The van der Waals surface area contributed by atoms with Gasteiger partial charge >= 0.3 is 7.60 Å². The number of fused-ring (bicyclic) bond motifs is 5. The van der Waals surface area contributed by atoms with Crippen LogP contribution in [0.2, 0.25) is 0 Å². The van der Waals surface area contributed by atoms with Gasteiger partial charge in [0.25, 0.3) is 0 Å². The smallest absolute Gasteiger partial charge is 0.363 e. The number of para-hydroxylation sites is 1. The lowest BCUT2D eigenvalue weighted by atomic mass is 9.75. The first-order valence-electron chi connectivity index (χ1n) is 11.6. The van der Waals surface area contributed by atoms with Crippen LogP contribution < -0.4 is 15.4 Å². The predicted octanol–water partition coefficient (Wildman–Crippen LogP) is 6.06. The first-order valence-corrected chi connectivity index (χ1v) is 13.1. The maximum absolute atomic E-state index is 13.9. The fourth-order valence-corrected chi connectivity index (χ4v) is 7.25. The van der Waals surface area contributed by atoms with Crippen LogP contribution in [0.1, 0.15) is 48.1 Å². The molecule has 0 fully saturated rings. The first kappa shape index (κ1) is 22.2. The highest BCUT2D eigenvalue weighted by Crippen LogP contribution is 2.57. The summed E-state index contributed by atoms with van der Waals surface area (Å²) in [6, 6.07) is 22.9. The molecule has 6 heteroatoms. The molecule has 172 valence electrons. The molecule has 0 bridgehead atoms. The summed E-state index contributed by atoms with van der Waals surface area (Å²) < 4.78 is 30.9. The van der Waals surface area contributed by atoms with Crippen molar-refractivity contribution in [1.82, 2.24) is 0 Å². The van der Waals surface area contributed by atoms with Gasteiger partial charge in [0.2, 0.25) is 0 Å². The van der Waals surface area contributed by atoms with Gasteiger partial charge in [-0.3, -0.25) is 4.57 Å². The Balaban J connectivity index is 1.70. The van der Waals surface area contributed by atoms with E-state index in [9.17, 15) is 4.57 Å². The summed E-state index contributed by atoms with van der Waals surface area (Å²) in [5.41, 5.74) is 5.89. The van der Waals surface area contributed by atoms with Gasteiger partial charge in [0.05, 0.1) is 37.4 Å². The SMILES string of the molecule is CCOP(=O)(OCC)c1cccc2c1N[C@H](c1cccc(OC)c1)[C@@H]1Cc3ccccc3[C@H]21. The zero-order valence-electron chi connectivity index (χ0n) is 19.3. The van der Waals surface area contributed by atoms with Gasteiger partial charge in [0, 0.05) is 5.92 Å². The summed E-state index contributed by atoms with van der Waals surface area (Å²) in [6.45, 7) is 4.32. The second-order valence-electron chi connectivity index (χ2n) is 8.52. The van der Waals surface area contributed by atoms with Crippen LogP contribution in [-0.4, -0.2) is 20.3 Å². The maximum Gasteiger partial charge on any atom is 0.363 e. The third kappa shape index (κ3) is 3.78. The molecule has 5 nitrogen and oxygen atoms in total. The monoisotopic (exact) mass is 463 g/mol. The zero-order chi connectivity index (χ0) is 23.0. The van der Waals surface area contributed by atoms with E-state index in [0.29, 0.717) is 24.4 Å². The van der Waals surface area contributed by atoms with Crippen molar-refractivity contribution in [3.05, 3.63) is 89.0 Å². The van der Waals surface area contributed by atoms with Gasteiger partial charge in [-0.25, -0.2) is 0 Å². The maximum atomic E-state index is 13.9. The standard InChI is InChI=1S/C27H30NO4P/c1-4-31-33(29,32-5-2)24-15-9-14-22-25-21-13-7-6-10-18(21)17-23(25)26(28-27(22)24)19-11-8-12-20(16-19)30-3/h6-16,23,25-26,28H,4-5,17H2,1-3H3/t23-,25-,26-/m1/s1. The minimum Gasteiger partial charge on any atom is -0.497 e. The Kier molecular flexibility index (Phi) is 6.05. The Morgan fingerprint density at radius 3 is 2.42 bits per heavy atom. The van der Waals surface area contributed by atoms with Crippen molar-refractivity contribution in [2.24, 2.45) is 5.92 Å². The van der Waals surface area contributed by atoms with E-state index in [2.05, 4.69) is 47.8 Å². The average Bonchev–Trinajstić information content (AvgIpc) is 3.23. The van der Waals surface area contributed by atoms with Gasteiger partial charge < -0.3 is 19.1 Å². The Labute approximate surface area is 195 Å². The molecule has 1 N–H and O–H groups in total. The highest BCUT2D eigenvalue weighted by atomic mass is 31.2. The van der Waals surface area contributed by atoms with E-state index in [1.807, 2.05) is 38.1 Å². The van der Waals surface area contributed by atoms with E-state index in [0.717, 1.165) is 29.0 Å². The third-order valence-corrected chi connectivity index (χ3v) is 8.92. The Bertz CT molecular complexity index is 1200.